The van der Waals surface area contributed by atoms with Crippen molar-refractivity contribution in [2.24, 2.45) is 5.73 Å². The van der Waals surface area contributed by atoms with E-state index in [1.54, 1.807) is 17.9 Å². The average molecular weight is 289 g/mol. The molecular weight excluding hydrogens is 267 g/mol. The summed E-state index contributed by atoms with van der Waals surface area (Å²) in [4.78, 5) is 13.6. The molecule has 3 nitrogen and oxygen atoms in total. The first-order valence-corrected chi connectivity index (χ1v) is 6.33. The molecule has 108 valence electrons. The van der Waals surface area contributed by atoms with Crippen molar-refractivity contribution in [1.82, 2.24) is 4.90 Å². The predicted octanol–water partition coefficient (Wildman–Crippen LogP) is 2.38. The van der Waals surface area contributed by atoms with Gasteiger partial charge in [-0.25, -0.2) is 4.39 Å². The lowest BCUT2D eigenvalue weighted by Gasteiger charge is -2.24. The summed E-state index contributed by atoms with van der Waals surface area (Å²) < 4.78 is 13.0. The summed E-state index contributed by atoms with van der Waals surface area (Å²) in [7, 11) is 0. The van der Waals surface area contributed by atoms with E-state index in [2.05, 4.69) is 0 Å². The Hall–Kier alpha value is -1.13. The number of benzene rings is 1. The average Bonchev–Trinajstić information content (AvgIpc) is 2.33. The van der Waals surface area contributed by atoms with Gasteiger partial charge in [-0.2, -0.15) is 0 Å². The van der Waals surface area contributed by atoms with Gasteiger partial charge in [0.1, 0.15) is 5.82 Å². The Morgan fingerprint density at radius 1 is 1.42 bits per heavy atom. The summed E-state index contributed by atoms with van der Waals surface area (Å²) in [5.41, 5.74) is 6.51. The molecule has 0 aliphatic rings. The van der Waals surface area contributed by atoms with Crippen LogP contribution in [0.25, 0.3) is 0 Å². The van der Waals surface area contributed by atoms with Crippen LogP contribution in [0, 0.1) is 5.82 Å². The fourth-order valence-corrected chi connectivity index (χ4v) is 1.85. The van der Waals surface area contributed by atoms with Gasteiger partial charge in [0.05, 0.1) is 6.04 Å². The lowest BCUT2D eigenvalue weighted by atomic mass is 10.1. The van der Waals surface area contributed by atoms with Crippen LogP contribution in [-0.2, 0) is 11.2 Å². The minimum atomic E-state index is -0.482. The Morgan fingerprint density at radius 3 is 2.63 bits per heavy atom. The van der Waals surface area contributed by atoms with E-state index < -0.39 is 6.04 Å². The molecule has 1 atom stereocenters. The molecule has 2 N–H and O–H groups in total. The molecule has 0 aliphatic carbocycles. The number of nitrogens with zero attached hydrogens (tertiary/aromatic N) is 1. The van der Waals surface area contributed by atoms with Gasteiger partial charge in [0.15, 0.2) is 0 Å². The van der Waals surface area contributed by atoms with Crippen LogP contribution in [0.5, 0.6) is 0 Å². The molecule has 0 spiro atoms. The molecule has 0 unspecified atom stereocenters. The third-order valence-electron chi connectivity index (χ3n) is 2.75. The third kappa shape index (κ3) is 6.03. The van der Waals surface area contributed by atoms with Gasteiger partial charge < -0.3 is 10.6 Å². The van der Waals surface area contributed by atoms with Crippen molar-refractivity contribution in [3.8, 4) is 0 Å². The van der Waals surface area contributed by atoms with Crippen molar-refractivity contribution in [2.45, 2.75) is 32.7 Å². The van der Waals surface area contributed by atoms with E-state index in [9.17, 15) is 9.18 Å². The highest BCUT2D eigenvalue weighted by atomic mass is 35.5. The molecule has 1 aromatic rings. The highest BCUT2D eigenvalue weighted by Gasteiger charge is 2.16. The van der Waals surface area contributed by atoms with E-state index in [0.29, 0.717) is 19.5 Å². The summed E-state index contributed by atoms with van der Waals surface area (Å²) in [6.45, 7) is 4.98. The molecule has 1 rings (SSSR count). The lowest BCUT2D eigenvalue weighted by Crippen LogP contribution is -2.43. The van der Waals surface area contributed by atoms with Crippen molar-refractivity contribution >= 4 is 18.3 Å². The van der Waals surface area contributed by atoms with Gasteiger partial charge in [-0.15, -0.1) is 12.4 Å². The number of carbonyl (C=O) groups excluding carboxylic acids is 1. The molecule has 0 saturated heterocycles. The predicted molar refractivity (Wildman–Crippen MR) is 77.9 cm³/mol. The van der Waals surface area contributed by atoms with Crippen LogP contribution in [0.2, 0.25) is 0 Å². The summed E-state index contributed by atoms with van der Waals surface area (Å²) in [6, 6.07) is 5.98. The second kappa shape index (κ2) is 8.88. The molecule has 1 amide bonds. The van der Waals surface area contributed by atoms with Gasteiger partial charge in [-0.05, 0) is 37.5 Å². The highest BCUT2D eigenvalue weighted by Crippen LogP contribution is 2.06. The van der Waals surface area contributed by atoms with Crippen LogP contribution >= 0.6 is 12.4 Å². The Kier molecular flexibility index (Phi) is 8.35. The van der Waals surface area contributed by atoms with Crippen LogP contribution in [0.3, 0.4) is 0 Å². The van der Waals surface area contributed by atoms with Crippen LogP contribution < -0.4 is 5.73 Å². The second-order valence-electron chi connectivity index (χ2n) is 4.49. The monoisotopic (exact) mass is 288 g/mol. The van der Waals surface area contributed by atoms with E-state index >= 15 is 0 Å². The van der Waals surface area contributed by atoms with Crippen molar-refractivity contribution in [3.05, 3.63) is 35.6 Å². The summed E-state index contributed by atoms with van der Waals surface area (Å²) in [5.74, 6) is -0.290. The van der Waals surface area contributed by atoms with Crippen LogP contribution in [0.4, 0.5) is 4.39 Å². The second-order valence-corrected chi connectivity index (χ2v) is 4.49. The zero-order valence-corrected chi connectivity index (χ0v) is 12.3. The smallest absolute Gasteiger partial charge is 0.239 e. The van der Waals surface area contributed by atoms with Crippen molar-refractivity contribution in [1.29, 1.82) is 0 Å². The number of carbonyl (C=O) groups is 1. The van der Waals surface area contributed by atoms with E-state index in [4.69, 9.17) is 5.73 Å². The molecule has 0 fully saturated rings. The largest absolute Gasteiger partial charge is 0.341 e. The number of hydrogen-bond acceptors (Lipinski definition) is 2. The molecule has 5 heteroatoms. The first-order chi connectivity index (χ1) is 8.54. The van der Waals surface area contributed by atoms with Crippen molar-refractivity contribution in [3.63, 3.8) is 0 Å². The highest BCUT2D eigenvalue weighted by molar-refractivity contribution is 5.85. The zero-order chi connectivity index (χ0) is 13.5. The molecule has 0 bridgehead atoms. The fourth-order valence-electron chi connectivity index (χ4n) is 1.85. The number of hydrogen-bond donors (Lipinski definition) is 1. The Balaban J connectivity index is 0.00000324. The van der Waals surface area contributed by atoms with Gasteiger partial charge in [0, 0.05) is 13.1 Å². The van der Waals surface area contributed by atoms with E-state index in [0.717, 1.165) is 12.0 Å². The van der Waals surface area contributed by atoms with E-state index in [1.165, 1.54) is 12.1 Å². The molecule has 0 aliphatic heterocycles. The van der Waals surface area contributed by atoms with Gasteiger partial charge in [0.2, 0.25) is 5.91 Å². The Bertz CT molecular complexity index is 399. The summed E-state index contributed by atoms with van der Waals surface area (Å²) in [6.07, 6.45) is 1.54. The topological polar surface area (TPSA) is 46.3 Å². The fraction of sp³-hybridized carbons (Fsp3) is 0.500. The SMILES string of the molecule is CCCN(CCc1cccc(F)c1)C(=O)[C@H](C)N.Cl. The first kappa shape index (κ1) is 17.9. The lowest BCUT2D eigenvalue weighted by molar-refractivity contribution is -0.132. The quantitative estimate of drug-likeness (QED) is 0.873. The Morgan fingerprint density at radius 2 is 2.11 bits per heavy atom. The zero-order valence-electron chi connectivity index (χ0n) is 11.4. The maximum Gasteiger partial charge on any atom is 0.239 e. The summed E-state index contributed by atoms with van der Waals surface area (Å²) >= 11 is 0. The number of halogens is 2. The Labute approximate surface area is 120 Å². The van der Waals surface area contributed by atoms with Crippen LogP contribution in [0.15, 0.2) is 24.3 Å². The first-order valence-electron chi connectivity index (χ1n) is 6.33. The maximum absolute atomic E-state index is 13.0. The van der Waals surface area contributed by atoms with Crippen LogP contribution in [0.1, 0.15) is 25.8 Å². The van der Waals surface area contributed by atoms with Gasteiger partial charge >= 0.3 is 0 Å². The van der Waals surface area contributed by atoms with Crippen LogP contribution in [-0.4, -0.2) is 29.9 Å². The maximum atomic E-state index is 13.0. The molecule has 0 heterocycles. The van der Waals surface area contributed by atoms with Gasteiger partial charge in [-0.3, -0.25) is 4.79 Å². The molecular formula is C14H22ClFN2O. The van der Waals surface area contributed by atoms with Crippen molar-refractivity contribution < 1.29 is 9.18 Å². The molecule has 1 aromatic carbocycles. The third-order valence-corrected chi connectivity index (χ3v) is 2.75. The molecule has 19 heavy (non-hydrogen) atoms. The minimum absolute atomic E-state index is 0. The van der Waals surface area contributed by atoms with E-state index in [-0.39, 0.29) is 24.1 Å². The molecule has 0 radical (unpaired) electrons. The summed E-state index contributed by atoms with van der Waals surface area (Å²) in [5, 5.41) is 0. The molecule has 0 aromatic heterocycles. The number of rotatable bonds is 6. The number of amides is 1. The van der Waals surface area contributed by atoms with Gasteiger partial charge in [0.25, 0.3) is 0 Å². The molecule has 0 saturated carbocycles. The standard InChI is InChI=1S/C14H21FN2O.ClH/c1-3-8-17(14(18)11(2)16)9-7-12-5-4-6-13(15)10-12;/h4-6,10-11H,3,7-9,16H2,1-2H3;1H/t11-;/m0./s1. The minimum Gasteiger partial charge on any atom is -0.341 e. The number of nitrogens with two attached hydrogens (primary N) is 1. The van der Waals surface area contributed by atoms with E-state index in [1.807, 2.05) is 13.0 Å². The van der Waals surface area contributed by atoms with Crippen molar-refractivity contribution in [2.75, 3.05) is 13.1 Å². The van der Waals surface area contributed by atoms with Gasteiger partial charge in [-0.1, -0.05) is 19.1 Å². The normalized spacial score (nSPS) is 11.6.